The second-order valence-electron chi connectivity index (χ2n) is 9.22. The minimum Gasteiger partial charge on any atom is -0.462 e. The number of nitrogens with zero attached hydrogens (tertiary/aromatic N) is 1. The Morgan fingerprint density at radius 2 is 1.97 bits per heavy atom. The third-order valence-corrected chi connectivity index (χ3v) is 7.50. The van der Waals surface area contributed by atoms with Gasteiger partial charge < -0.3 is 15.4 Å². The quantitative estimate of drug-likeness (QED) is 0.535. The van der Waals surface area contributed by atoms with E-state index in [1.807, 2.05) is 32.0 Å². The first kappa shape index (κ1) is 25.9. The van der Waals surface area contributed by atoms with E-state index in [0.717, 1.165) is 46.5 Å². The third-order valence-electron chi connectivity index (χ3n) is 6.33. The van der Waals surface area contributed by atoms with E-state index in [1.54, 1.807) is 25.8 Å². The molecule has 34 heavy (non-hydrogen) atoms. The number of aryl methyl sites for hydroxylation is 2. The molecular formula is C26H35N3O4S. The largest absolute Gasteiger partial charge is 0.462 e. The van der Waals surface area contributed by atoms with Crippen LogP contribution in [0.3, 0.4) is 0 Å². The van der Waals surface area contributed by atoms with Crippen molar-refractivity contribution in [1.82, 2.24) is 4.90 Å². The van der Waals surface area contributed by atoms with Crippen molar-refractivity contribution in [1.29, 1.82) is 0 Å². The molecule has 2 amide bonds. The number of hydrogen-bond donors (Lipinski definition) is 2. The predicted molar refractivity (Wildman–Crippen MR) is 137 cm³/mol. The molecule has 2 atom stereocenters. The van der Waals surface area contributed by atoms with E-state index in [4.69, 9.17) is 4.74 Å². The van der Waals surface area contributed by atoms with E-state index in [-0.39, 0.29) is 25.0 Å². The van der Waals surface area contributed by atoms with Gasteiger partial charge in [0.2, 0.25) is 11.8 Å². The van der Waals surface area contributed by atoms with Crippen LogP contribution in [-0.2, 0) is 27.2 Å². The number of amides is 2. The van der Waals surface area contributed by atoms with Crippen LogP contribution in [0.25, 0.3) is 0 Å². The molecule has 8 heteroatoms. The van der Waals surface area contributed by atoms with Crippen LogP contribution in [-0.4, -0.2) is 48.9 Å². The van der Waals surface area contributed by atoms with Crippen LogP contribution in [0, 0.1) is 19.8 Å². The molecule has 1 aliphatic rings. The summed E-state index contributed by atoms with van der Waals surface area (Å²) in [5, 5.41) is 6.42. The highest BCUT2D eigenvalue weighted by Gasteiger charge is 2.30. The van der Waals surface area contributed by atoms with E-state index in [1.165, 1.54) is 11.3 Å². The highest BCUT2D eigenvalue weighted by atomic mass is 32.1. The summed E-state index contributed by atoms with van der Waals surface area (Å²) in [4.78, 5) is 41.2. The number of carbonyl (C=O) groups excluding carboxylic acids is 3. The lowest BCUT2D eigenvalue weighted by atomic mass is 9.88. The first-order valence-corrected chi connectivity index (χ1v) is 12.6. The molecule has 0 saturated heterocycles. The smallest absolute Gasteiger partial charge is 0.341 e. The average Bonchev–Trinajstić information content (AvgIpc) is 3.12. The number of likely N-dealkylation sites (N-methyl/N-ethyl adjacent to an activating group) is 1. The van der Waals surface area contributed by atoms with Crippen LogP contribution in [0.4, 0.5) is 10.7 Å². The zero-order valence-corrected chi connectivity index (χ0v) is 21.7. The highest BCUT2D eigenvalue weighted by molar-refractivity contribution is 7.17. The van der Waals surface area contributed by atoms with Crippen molar-refractivity contribution in [2.45, 2.75) is 59.9 Å². The van der Waals surface area contributed by atoms with E-state index in [9.17, 15) is 14.4 Å². The number of nitrogens with one attached hydrogen (secondary N) is 2. The molecule has 1 aromatic carbocycles. The predicted octanol–water partition coefficient (Wildman–Crippen LogP) is 4.56. The SMILES string of the molecule is CCOC(=O)c1c(NC(=O)C(C)N(C)CC(=O)Nc2cc(C)ccc2C)sc2c1CCC(C)C2. The van der Waals surface area contributed by atoms with Crippen molar-refractivity contribution in [2.75, 3.05) is 30.8 Å². The number of rotatable bonds is 8. The molecule has 0 aliphatic heterocycles. The minimum absolute atomic E-state index is 0.0607. The molecule has 0 bridgehead atoms. The van der Waals surface area contributed by atoms with Crippen LogP contribution < -0.4 is 10.6 Å². The van der Waals surface area contributed by atoms with Crippen molar-refractivity contribution in [2.24, 2.45) is 5.92 Å². The Morgan fingerprint density at radius 1 is 1.24 bits per heavy atom. The standard InChI is InChI=1S/C26H35N3O4S/c1-7-33-26(32)23-19-11-9-16(3)13-21(19)34-25(23)28-24(31)18(5)29(6)14-22(30)27-20-12-15(2)8-10-17(20)4/h8,10,12,16,18H,7,9,11,13-14H2,1-6H3,(H,27,30)(H,28,31). The first-order chi connectivity index (χ1) is 16.1. The van der Waals surface area contributed by atoms with Gasteiger partial charge in [0.05, 0.1) is 24.8 Å². The Kier molecular flexibility index (Phi) is 8.49. The summed E-state index contributed by atoms with van der Waals surface area (Å²) in [6.45, 7) is 9.98. The molecule has 0 saturated carbocycles. The van der Waals surface area contributed by atoms with Crippen LogP contribution in [0.5, 0.6) is 0 Å². The summed E-state index contributed by atoms with van der Waals surface area (Å²) in [6.07, 6.45) is 2.72. The molecule has 0 fully saturated rings. The molecule has 3 rings (SSSR count). The number of fused-ring (bicyclic) bond motifs is 1. The van der Waals surface area contributed by atoms with Gasteiger partial charge in [-0.05, 0) is 82.7 Å². The number of benzene rings is 1. The number of anilines is 2. The average molecular weight is 486 g/mol. The molecule has 1 heterocycles. The van der Waals surface area contributed by atoms with Crippen LogP contribution in [0.15, 0.2) is 18.2 Å². The van der Waals surface area contributed by atoms with Crippen LogP contribution in [0.2, 0.25) is 0 Å². The number of carbonyl (C=O) groups is 3. The molecular weight excluding hydrogens is 450 g/mol. The Balaban J connectivity index is 1.69. The maximum absolute atomic E-state index is 13.1. The maximum Gasteiger partial charge on any atom is 0.341 e. The van der Waals surface area contributed by atoms with Gasteiger partial charge in [-0.3, -0.25) is 14.5 Å². The first-order valence-electron chi connectivity index (χ1n) is 11.8. The molecule has 1 aromatic heterocycles. The second kappa shape index (κ2) is 11.1. The zero-order chi connectivity index (χ0) is 25.0. The van der Waals surface area contributed by atoms with E-state index < -0.39 is 12.0 Å². The lowest BCUT2D eigenvalue weighted by molar-refractivity contribution is -0.122. The van der Waals surface area contributed by atoms with Gasteiger partial charge in [0, 0.05) is 10.6 Å². The van der Waals surface area contributed by atoms with E-state index in [0.29, 0.717) is 16.5 Å². The summed E-state index contributed by atoms with van der Waals surface area (Å²) in [5.41, 5.74) is 4.31. The van der Waals surface area contributed by atoms with Gasteiger partial charge in [0.15, 0.2) is 0 Å². The summed E-state index contributed by atoms with van der Waals surface area (Å²) in [5.74, 6) is -0.299. The van der Waals surface area contributed by atoms with Crippen LogP contribution >= 0.6 is 11.3 Å². The zero-order valence-electron chi connectivity index (χ0n) is 20.9. The Hall–Kier alpha value is -2.71. The van der Waals surface area contributed by atoms with Crippen molar-refractivity contribution >= 4 is 39.8 Å². The molecule has 1 aliphatic carbocycles. The number of hydrogen-bond acceptors (Lipinski definition) is 6. The fourth-order valence-electron chi connectivity index (χ4n) is 4.10. The Morgan fingerprint density at radius 3 is 2.68 bits per heavy atom. The number of ether oxygens (including phenoxy) is 1. The lowest BCUT2D eigenvalue weighted by Gasteiger charge is -2.23. The van der Waals surface area contributed by atoms with Crippen molar-refractivity contribution in [3.63, 3.8) is 0 Å². The monoisotopic (exact) mass is 485 g/mol. The van der Waals surface area contributed by atoms with Crippen molar-refractivity contribution in [3.8, 4) is 0 Å². The fourth-order valence-corrected chi connectivity index (χ4v) is 5.50. The normalized spacial score (nSPS) is 16.0. The number of thiophene rings is 1. The van der Waals surface area contributed by atoms with E-state index in [2.05, 4.69) is 17.6 Å². The molecule has 0 radical (unpaired) electrons. The van der Waals surface area contributed by atoms with Gasteiger partial charge >= 0.3 is 5.97 Å². The molecule has 2 N–H and O–H groups in total. The summed E-state index contributed by atoms with van der Waals surface area (Å²) < 4.78 is 5.29. The van der Waals surface area contributed by atoms with Crippen molar-refractivity contribution in [3.05, 3.63) is 45.3 Å². The summed E-state index contributed by atoms with van der Waals surface area (Å²) >= 11 is 1.47. The Bertz CT molecular complexity index is 1080. The molecule has 7 nitrogen and oxygen atoms in total. The fraction of sp³-hybridized carbons (Fsp3) is 0.500. The van der Waals surface area contributed by atoms with Crippen LogP contribution in [0.1, 0.15) is 59.1 Å². The van der Waals surface area contributed by atoms with Gasteiger partial charge in [-0.2, -0.15) is 0 Å². The molecule has 0 spiro atoms. The second-order valence-corrected chi connectivity index (χ2v) is 10.3. The maximum atomic E-state index is 13.1. The van der Waals surface area contributed by atoms with Crippen molar-refractivity contribution < 1.29 is 19.1 Å². The molecule has 184 valence electrons. The van der Waals surface area contributed by atoms with Gasteiger partial charge in [-0.15, -0.1) is 11.3 Å². The number of esters is 1. The summed E-state index contributed by atoms with van der Waals surface area (Å²) in [7, 11) is 1.74. The van der Waals surface area contributed by atoms with Gasteiger partial charge in [-0.1, -0.05) is 19.1 Å². The Labute approximate surface area is 205 Å². The topological polar surface area (TPSA) is 87.7 Å². The third kappa shape index (κ3) is 6.04. The lowest BCUT2D eigenvalue weighted by Crippen LogP contribution is -2.43. The van der Waals surface area contributed by atoms with E-state index >= 15 is 0 Å². The summed E-state index contributed by atoms with van der Waals surface area (Å²) in [6, 6.07) is 5.32. The highest BCUT2D eigenvalue weighted by Crippen LogP contribution is 2.40. The van der Waals surface area contributed by atoms with Gasteiger partial charge in [-0.25, -0.2) is 4.79 Å². The molecule has 2 unspecified atom stereocenters. The minimum atomic E-state index is -0.572. The van der Waals surface area contributed by atoms with Gasteiger partial charge in [0.1, 0.15) is 5.00 Å². The van der Waals surface area contributed by atoms with Gasteiger partial charge in [0.25, 0.3) is 0 Å². The molecule has 2 aromatic rings.